The lowest BCUT2D eigenvalue weighted by molar-refractivity contribution is 0.0878. The van der Waals surface area contributed by atoms with Gasteiger partial charge in [-0.15, -0.1) is 0 Å². The molecule has 0 aromatic carbocycles. The minimum atomic E-state index is -0.162. The molecule has 0 aliphatic rings. The summed E-state index contributed by atoms with van der Waals surface area (Å²) in [7, 11) is 0. The lowest BCUT2D eigenvalue weighted by Gasteiger charge is -2.36. The fraction of sp³-hybridized carbons (Fsp3) is 0.750. The standard InChI is InChI=1S/C16H29N3O2/c1-6-9-16(5,11-17-8-3)12(4)18-15(20)14-10-13(7-2)21-19-14/h10,12,17H,6-9,11H2,1-5H3,(H,18,20). The number of amides is 1. The SMILES string of the molecule is CCCC(C)(CNCC)C(C)NC(=O)c1cc(CC)on1. The second-order valence-corrected chi connectivity index (χ2v) is 5.91. The highest BCUT2D eigenvalue weighted by atomic mass is 16.5. The van der Waals surface area contributed by atoms with Crippen molar-refractivity contribution < 1.29 is 9.32 Å². The summed E-state index contributed by atoms with van der Waals surface area (Å²) in [4.78, 5) is 12.3. The lowest BCUT2D eigenvalue weighted by atomic mass is 9.78. The van der Waals surface area contributed by atoms with Crippen molar-refractivity contribution in [2.75, 3.05) is 13.1 Å². The Morgan fingerprint density at radius 1 is 1.43 bits per heavy atom. The van der Waals surface area contributed by atoms with Crippen molar-refractivity contribution in [2.45, 2.75) is 59.9 Å². The van der Waals surface area contributed by atoms with E-state index in [1.165, 1.54) is 0 Å². The van der Waals surface area contributed by atoms with Crippen LogP contribution in [0.3, 0.4) is 0 Å². The highest BCUT2D eigenvalue weighted by Crippen LogP contribution is 2.27. The highest BCUT2D eigenvalue weighted by Gasteiger charge is 2.31. The van der Waals surface area contributed by atoms with Crippen LogP contribution < -0.4 is 10.6 Å². The first kappa shape index (κ1) is 17.7. The molecular formula is C16H29N3O2. The first-order valence-corrected chi connectivity index (χ1v) is 7.94. The Kier molecular flexibility index (Phi) is 6.89. The molecule has 0 saturated heterocycles. The van der Waals surface area contributed by atoms with Crippen molar-refractivity contribution in [3.63, 3.8) is 0 Å². The van der Waals surface area contributed by atoms with Crippen LogP contribution >= 0.6 is 0 Å². The summed E-state index contributed by atoms with van der Waals surface area (Å²) in [5.41, 5.74) is 0.388. The fourth-order valence-corrected chi connectivity index (χ4v) is 2.47. The fourth-order valence-electron chi connectivity index (χ4n) is 2.47. The van der Waals surface area contributed by atoms with Crippen LogP contribution in [-0.4, -0.2) is 30.2 Å². The van der Waals surface area contributed by atoms with Gasteiger partial charge in [-0.2, -0.15) is 0 Å². The van der Waals surface area contributed by atoms with Gasteiger partial charge in [0.25, 0.3) is 5.91 Å². The van der Waals surface area contributed by atoms with Crippen LogP contribution in [0.2, 0.25) is 0 Å². The monoisotopic (exact) mass is 295 g/mol. The molecule has 0 saturated carbocycles. The Balaban J connectivity index is 2.71. The van der Waals surface area contributed by atoms with Crippen LogP contribution in [0.4, 0.5) is 0 Å². The molecule has 1 amide bonds. The van der Waals surface area contributed by atoms with Gasteiger partial charge in [0.1, 0.15) is 5.76 Å². The van der Waals surface area contributed by atoms with Crippen LogP contribution in [0.15, 0.2) is 10.6 Å². The van der Waals surface area contributed by atoms with Gasteiger partial charge in [0, 0.05) is 25.1 Å². The smallest absolute Gasteiger partial charge is 0.273 e. The lowest BCUT2D eigenvalue weighted by Crippen LogP contribution is -2.49. The zero-order valence-electron chi connectivity index (χ0n) is 14.0. The van der Waals surface area contributed by atoms with Gasteiger partial charge >= 0.3 is 0 Å². The van der Waals surface area contributed by atoms with Crippen molar-refractivity contribution in [3.05, 3.63) is 17.5 Å². The molecule has 0 spiro atoms. The number of aromatic nitrogens is 1. The second-order valence-electron chi connectivity index (χ2n) is 5.91. The zero-order valence-corrected chi connectivity index (χ0v) is 14.0. The van der Waals surface area contributed by atoms with Gasteiger partial charge in [0.2, 0.25) is 0 Å². The van der Waals surface area contributed by atoms with Crippen LogP contribution in [-0.2, 0) is 6.42 Å². The number of nitrogens with one attached hydrogen (secondary N) is 2. The van der Waals surface area contributed by atoms with E-state index in [2.05, 4.69) is 43.5 Å². The van der Waals surface area contributed by atoms with Crippen molar-refractivity contribution in [2.24, 2.45) is 5.41 Å². The molecule has 1 aromatic heterocycles. The first-order valence-electron chi connectivity index (χ1n) is 7.94. The molecule has 21 heavy (non-hydrogen) atoms. The van der Waals surface area contributed by atoms with Crippen molar-refractivity contribution in [1.29, 1.82) is 0 Å². The maximum atomic E-state index is 12.3. The first-order chi connectivity index (χ1) is 9.96. The van der Waals surface area contributed by atoms with Crippen molar-refractivity contribution in [3.8, 4) is 0 Å². The molecule has 1 aromatic rings. The third-order valence-corrected chi connectivity index (χ3v) is 4.13. The van der Waals surface area contributed by atoms with Crippen molar-refractivity contribution in [1.82, 2.24) is 15.8 Å². The molecule has 0 aliphatic heterocycles. The van der Waals surface area contributed by atoms with Crippen LogP contribution in [0.5, 0.6) is 0 Å². The number of carbonyl (C=O) groups excluding carboxylic acids is 1. The molecule has 5 heteroatoms. The summed E-state index contributed by atoms with van der Waals surface area (Å²) >= 11 is 0. The van der Waals surface area contributed by atoms with E-state index in [9.17, 15) is 4.79 Å². The molecule has 0 radical (unpaired) electrons. The van der Waals surface area contributed by atoms with Crippen molar-refractivity contribution >= 4 is 5.91 Å². The molecular weight excluding hydrogens is 266 g/mol. The van der Waals surface area contributed by atoms with Gasteiger partial charge in [-0.05, 0) is 25.3 Å². The van der Waals surface area contributed by atoms with Crippen LogP contribution in [0.1, 0.15) is 63.7 Å². The maximum Gasteiger partial charge on any atom is 0.273 e. The predicted molar refractivity (Wildman–Crippen MR) is 84.4 cm³/mol. The second kappa shape index (κ2) is 8.17. The summed E-state index contributed by atoms with van der Waals surface area (Å²) in [6.45, 7) is 12.3. The molecule has 120 valence electrons. The maximum absolute atomic E-state index is 12.3. The normalized spacial score (nSPS) is 15.5. The summed E-state index contributed by atoms with van der Waals surface area (Å²) in [5, 5.41) is 10.3. The van der Waals surface area contributed by atoms with E-state index in [1.54, 1.807) is 6.07 Å². The quantitative estimate of drug-likeness (QED) is 0.735. The summed E-state index contributed by atoms with van der Waals surface area (Å²) in [6.07, 6.45) is 2.89. The molecule has 2 unspecified atom stereocenters. The predicted octanol–water partition coefficient (Wildman–Crippen LogP) is 2.77. The zero-order chi connectivity index (χ0) is 15.9. The van der Waals surface area contributed by atoms with Gasteiger partial charge in [-0.25, -0.2) is 0 Å². The summed E-state index contributed by atoms with van der Waals surface area (Å²) in [6, 6.07) is 1.77. The van der Waals surface area contributed by atoms with Crippen LogP contribution in [0, 0.1) is 5.41 Å². The van der Waals surface area contributed by atoms with E-state index in [4.69, 9.17) is 4.52 Å². The molecule has 1 rings (SSSR count). The minimum absolute atomic E-state index is 0.0255. The number of hydrogen-bond donors (Lipinski definition) is 2. The van der Waals surface area contributed by atoms with E-state index in [0.717, 1.165) is 38.1 Å². The highest BCUT2D eigenvalue weighted by molar-refractivity contribution is 5.92. The number of carbonyl (C=O) groups is 1. The van der Waals surface area contributed by atoms with E-state index in [0.29, 0.717) is 5.69 Å². The third kappa shape index (κ3) is 4.84. The van der Waals surface area contributed by atoms with Gasteiger partial charge in [-0.3, -0.25) is 4.79 Å². The molecule has 5 nitrogen and oxygen atoms in total. The van der Waals surface area contributed by atoms with Gasteiger partial charge in [0.15, 0.2) is 5.69 Å². The number of hydrogen-bond acceptors (Lipinski definition) is 4. The third-order valence-electron chi connectivity index (χ3n) is 4.13. The topological polar surface area (TPSA) is 67.2 Å². The Morgan fingerprint density at radius 2 is 2.14 bits per heavy atom. The van der Waals surface area contributed by atoms with E-state index < -0.39 is 0 Å². The molecule has 0 bridgehead atoms. The van der Waals surface area contributed by atoms with E-state index in [-0.39, 0.29) is 17.4 Å². The Morgan fingerprint density at radius 3 is 2.67 bits per heavy atom. The average Bonchev–Trinajstić information content (AvgIpc) is 2.94. The summed E-state index contributed by atoms with van der Waals surface area (Å²) in [5.74, 6) is 0.571. The average molecular weight is 295 g/mol. The largest absolute Gasteiger partial charge is 0.361 e. The Labute approximate surface area is 127 Å². The molecule has 1 heterocycles. The Bertz CT molecular complexity index is 444. The van der Waals surface area contributed by atoms with Gasteiger partial charge < -0.3 is 15.2 Å². The molecule has 2 atom stereocenters. The van der Waals surface area contributed by atoms with Gasteiger partial charge in [0.05, 0.1) is 0 Å². The number of aryl methyl sites for hydroxylation is 1. The minimum Gasteiger partial charge on any atom is -0.361 e. The molecule has 2 N–H and O–H groups in total. The molecule has 0 aliphatic carbocycles. The summed E-state index contributed by atoms with van der Waals surface area (Å²) < 4.78 is 5.09. The number of rotatable bonds is 9. The van der Waals surface area contributed by atoms with E-state index >= 15 is 0 Å². The van der Waals surface area contributed by atoms with Gasteiger partial charge in [-0.1, -0.05) is 39.3 Å². The van der Waals surface area contributed by atoms with Crippen LogP contribution in [0.25, 0.3) is 0 Å². The van der Waals surface area contributed by atoms with E-state index in [1.807, 2.05) is 6.92 Å². The molecule has 0 fully saturated rings. The number of nitrogens with zero attached hydrogens (tertiary/aromatic N) is 1. The Hall–Kier alpha value is -1.36.